The molecular weight excluding hydrogens is 365 g/mol. The lowest BCUT2D eigenvalue weighted by atomic mass is 10.2. The highest BCUT2D eigenvalue weighted by atomic mass is 19.1. The van der Waals surface area contributed by atoms with Crippen LogP contribution in [0.4, 0.5) is 10.1 Å². The number of nitrogens with zero attached hydrogens (tertiary/aromatic N) is 2. The summed E-state index contributed by atoms with van der Waals surface area (Å²) in [7, 11) is 1.30. The average Bonchev–Trinajstić information content (AvgIpc) is 3.13. The van der Waals surface area contributed by atoms with Crippen molar-refractivity contribution in [1.29, 1.82) is 0 Å². The number of hydrogen-bond donors (Lipinski definition) is 1. The number of benzene rings is 2. The van der Waals surface area contributed by atoms with E-state index >= 15 is 0 Å². The lowest BCUT2D eigenvalue weighted by Gasteiger charge is -2.06. The number of anilines is 1. The number of methoxy groups -OCH3 is 1. The van der Waals surface area contributed by atoms with Crippen LogP contribution in [0.15, 0.2) is 54.7 Å². The van der Waals surface area contributed by atoms with Gasteiger partial charge in [-0.25, -0.2) is 13.9 Å². The lowest BCUT2D eigenvalue weighted by molar-refractivity contribution is 0.0600. The van der Waals surface area contributed by atoms with Gasteiger partial charge in [-0.05, 0) is 55.5 Å². The van der Waals surface area contributed by atoms with Gasteiger partial charge in [0.15, 0.2) is 11.4 Å². The number of ether oxygens (including phenoxy) is 2. The number of hydrogen-bond acceptors (Lipinski definition) is 5. The Morgan fingerprint density at radius 1 is 1.11 bits per heavy atom. The Kier molecular flexibility index (Phi) is 5.69. The molecule has 1 N–H and O–H groups in total. The Labute approximate surface area is 160 Å². The fourth-order valence-electron chi connectivity index (χ4n) is 2.50. The van der Waals surface area contributed by atoms with Crippen LogP contribution in [-0.4, -0.2) is 35.4 Å². The molecule has 1 heterocycles. The van der Waals surface area contributed by atoms with Crippen molar-refractivity contribution in [3.8, 4) is 11.4 Å². The Hall–Kier alpha value is -3.68. The van der Waals surface area contributed by atoms with Crippen molar-refractivity contribution in [3.05, 3.63) is 71.8 Å². The number of carbonyl (C=O) groups is 2. The van der Waals surface area contributed by atoms with Crippen LogP contribution in [-0.2, 0) is 4.74 Å². The number of halogens is 1. The molecule has 3 aromatic rings. The molecule has 0 fully saturated rings. The molecule has 0 unspecified atom stereocenters. The van der Waals surface area contributed by atoms with Crippen LogP contribution >= 0.6 is 0 Å². The first-order valence-corrected chi connectivity index (χ1v) is 8.50. The Morgan fingerprint density at radius 2 is 1.79 bits per heavy atom. The van der Waals surface area contributed by atoms with E-state index in [4.69, 9.17) is 4.74 Å². The van der Waals surface area contributed by atoms with E-state index in [9.17, 15) is 14.0 Å². The molecule has 0 aliphatic carbocycles. The Balaban J connectivity index is 1.84. The smallest absolute Gasteiger partial charge is 0.337 e. The van der Waals surface area contributed by atoms with Crippen LogP contribution in [0.25, 0.3) is 5.69 Å². The van der Waals surface area contributed by atoms with E-state index < -0.39 is 11.9 Å². The molecule has 0 radical (unpaired) electrons. The van der Waals surface area contributed by atoms with Crippen molar-refractivity contribution in [2.24, 2.45) is 0 Å². The van der Waals surface area contributed by atoms with E-state index in [2.05, 4.69) is 15.2 Å². The molecule has 0 saturated heterocycles. The largest absolute Gasteiger partial charge is 0.490 e. The summed E-state index contributed by atoms with van der Waals surface area (Å²) in [6.45, 7) is 2.14. The van der Waals surface area contributed by atoms with Crippen LogP contribution in [0, 0.1) is 5.82 Å². The third kappa shape index (κ3) is 4.17. The molecule has 8 heteroatoms. The first-order chi connectivity index (χ1) is 13.5. The van der Waals surface area contributed by atoms with Crippen LogP contribution in [0.1, 0.15) is 27.8 Å². The summed E-state index contributed by atoms with van der Waals surface area (Å²) in [4.78, 5) is 24.1. The molecule has 3 rings (SSSR count). The molecule has 144 valence electrons. The summed E-state index contributed by atoms with van der Waals surface area (Å²) >= 11 is 0. The summed E-state index contributed by atoms with van der Waals surface area (Å²) in [5, 5.41) is 6.98. The minimum absolute atomic E-state index is 0.0863. The van der Waals surface area contributed by atoms with Crippen LogP contribution in [0.5, 0.6) is 5.75 Å². The molecule has 7 nitrogen and oxygen atoms in total. The summed E-state index contributed by atoms with van der Waals surface area (Å²) in [5.41, 5.74) is 1.53. The molecule has 1 aromatic heterocycles. The van der Waals surface area contributed by atoms with Gasteiger partial charge in [0.25, 0.3) is 5.91 Å². The van der Waals surface area contributed by atoms with Gasteiger partial charge in [0.1, 0.15) is 5.82 Å². The maximum absolute atomic E-state index is 13.1. The molecule has 0 aliphatic heterocycles. The second-order valence-corrected chi connectivity index (χ2v) is 5.72. The zero-order valence-electron chi connectivity index (χ0n) is 15.3. The first-order valence-electron chi connectivity index (χ1n) is 8.50. The van der Waals surface area contributed by atoms with Gasteiger partial charge < -0.3 is 14.8 Å². The summed E-state index contributed by atoms with van der Waals surface area (Å²) in [5.74, 6) is -1.01. The second-order valence-electron chi connectivity index (χ2n) is 5.72. The molecule has 2 aromatic carbocycles. The normalized spacial score (nSPS) is 10.4. The van der Waals surface area contributed by atoms with Gasteiger partial charge in [0.05, 0.1) is 31.2 Å². The Bertz CT molecular complexity index is 982. The predicted molar refractivity (Wildman–Crippen MR) is 100 cm³/mol. The minimum atomic E-state index is -0.477. The van der Waals surface area contributed by atoms with Gasteiger partial charge in [-0.2, -0.15) is 5.10 Å². The second kappa shape index (κ2) is 8.34. The maximum atomic E-state index is 13.1. The Morgan fingerprint density at radius 3 is 2.39 bits per heavy atom. The van der Waals surface area contributed by atoms with Gasteiger partial charge in [-0.3, -0.25) is 4.79 Å². The average molecular weight is 383 g/mol. The van der Waals surface area contributed by atoms with Gasteiger partial charge in [-0.15, -0.1) is 0 Å². The highest BCUT2D eigenvalue weighted by Gasteiger charge is 2.19. The van der Waals surface area contributed by atoms with Crippen LogP contribution in [0.3, 0.4) is 0 Å². The van der Waals surface area contributed by atoms with E-state index in [0.29, 0.717) is 29.3 Å². The van der Waals surface area contributed by atoms with Gasteiger partial charge in [0, 0.05) is 5.69 Å². The van der Waals surface area contributed by atoms with Crippen molar-refractivity contribution in [2.45, 2.75) is 6.92 Å². The number of aromatic nitrogens is 2. The maximum Gasteiger partial charge on any atom is 0.337 e. The molecule has 0 atom stereocenters. The third-order valence-corrected chi connectivity index (χ3v) is 3.85. The van der Waals surface area contributed by atoms with Crippen LogP contribution < -0.4 is 10.1 Å². The zero-order valence-corrected chi connectivity index (χ0v) is 15.3. The molecule has 0 bridgehead atoms. The molecule has 28 heavy (non-hydrogen) atoms. The van der Waals surface area contributed by atoms with Crippen LogP contribution in [0.2, 0.25) is 0 Å². The monoisotopic (exact) mass is 383 g/mol. The first kappa shape index (κ1) is 19.1. The van der Waals surface area contributed by atoms with E-state index in [0.717, 1.165) is 0 Å². The standard InChI is InChI=1S/C20H18FN3O4/c1-3-28-17-12-24(16-10-6-14(21)7-11-16)23-18(17)19(25)22-15-8-4-13(5-9-15)20(26)27-2/h4-12H,3H2,1-2H3,(H,22,25). The fourth-order valence-corrected chi connectivity index (χ4v) is 2.50. The van der Waals surface area contributed by atoms with Crippen molar-refractivity contribution in [1.82, 2.24) is 9.78 Å². The highest BCUT2D eigenvalue weighted by Crippen LogP contribution is 2.22. The SMILES string of the molecule is CCOc1cn(-c2ccc(F)cc2)nc1C(=O)Nc1ccc(C(=O)OC)cc1. The number of amides is 1. The van der Waals surface area contributed by atoms with Gasteiger partial charge in [0.2, 0.25) is 0 Å². The summed E-state index contributed by atoms with van der Waals surface area (Å²) in [6.07, 6.45) is 1.56. The fraction of sp³-hybridized carbons (Fsp3) is 0.150. The lowest BCUT2D eigenvalue weighted by Crippen LogP contribution is -2.14. The van der Waals surface area contributed by atoms with Gasteiger partial charge >= 0.3 is 5.97 Å². The molecule has 1 amide bonds. The topological polar surface area (TPSA) is 82.5 Å². The minimum Gasteiger partial charge on any atom is -0.490 e. The van der Waals surface area contributed by atoms with Crippen molar-refractivity contribution in [2.75, 3.05) is 19.0 Å². The van der Waals surface area contributed by atoms with Crippen molar-refractivity contribution in [3.63, 3.8) is 0 Å². The summed E-state index contributed by atoms with van der Waals surface area (Å²) in [6, 6.07) is 12.0. The highest BCUT2D eigenvalue weighted by molar-refractivity contribution is 6.05. The van der Waals surface area contributed by atoms with E-state index in [1.807, 2.05) is 0 Å². The predicted octanol–water partition coefficient (Wildman–Crippen LogP) is 3.45. The molecule has 0 saturated carbocycles. The number of carbonyl (C=O) groups excluding carboxylic acids is 2. The zero-order chi connectivity index (χ0) is 20.1. The molecule has 0 aliphatic rings. The van der Waals surface area contributed by atoms with Crippen molar-refractivity contribution >= 4 is 17.6 Å². The van der Waals surface area contributed by atoms with E-state index in [1.165, 1.54) is 23.9 Å². The van der Waals surface area contributed by atoms with Gasteiger partial charge in [-0.1, -0.05) is 0 Å². The van der Waals surface area contributed by atoms with E-state index in [1.54, 1.807) is 49.5 Å². The van der Waals surface area contributed by atoms with Crippen molar-refractivity contribution < 1.29 is 23.5 Å². The van der Waals surface area contributed by atoms with E-state index in [-0.39, 0.29) is 11.5 Å². The molecular formula is C20H18FN3O4. The molecule has 0 spiro atoms. The number of rotatable bonds is 6. The quantitative estimate of drug-likeness (QED) is 0.660. The number of nitrogens with one attached hydrogen (secondary N) is 1. The third-order valence-electron chi connectivity index (χ3n) is 3.85. The number of esters is 1. The summed E-state index contributed by atoms with van der Waals surface area (Å²) < 4.78 is 24.7.